The SMILES string of the molecule is C=C1C(c2ccc(CN3CCC(C)CC3)cc2)=CC=CN1NC(N)=Nc1ccc(C(=O)N2CC(O)C2)cc1. The van der Waals surface area contributed by atoms with Gasteiger partial charge in [0.1, 0.15) is 0 Å². The van der Waals surface area contributed by atoms with Gasteiger partial charge in [-0.2, -0.15) is 0 Å². The maximum absolute atomic E-state index is 12.4. The number of aliphatic hydroxyl groups excluding tert-OH is 1. The fraction of sp³-hybridized carbons (Fsp3) is 0.333. The van der Waals surface area contributed by atoms with Crippen molar-refractivity contribution in [2.75, 3.05) is 26.2 Å². The van der Waals surface area contributed by atoms with Gasteiger partial charge >= 0.3 is 0 Å². The van der Waals surface area contributed by atoms with Crippen molar-refractivity contribution in [3.63, 3.8) is 0 Å². The first-order valence-electron chi connectivity index (χ1n) is 13.2. The third kappa shape index (κ3) is 5.98. The number of allylic oxidation sites excluding steroid dienone is 3. The lowest BCUT2D eigenvalue weighted by Crippen LogP contribution is -2.53. The van der Waals surface area contributed by atoms with Crippen LogP contribution in [0.4, 0.5) is 5.69 Å². The molecule has 2 fully saturated rings. The molecule has 0 saturated carbocycles. The van der Waals surface area contributed by atoms with E-state index in [4.69, 9.17) is 5.73 Å². The maximum Gasteiger partial charge on any atom is 0.254 e. The Balaban J connectivity index is 1.17. The number of piperidine rings is 1. The standard InChI is InChI=1S/C30H36N6O2/c1-21-13-16-34(17-14-21)18-23-5-7-24(8-6-23)28-4-3-15-36(22(28)2)33-30(31)32-26-11-9-25(10-12-26)29(38)35-19-27(37)20-35/h3-12,15,21,27,37H,2,13-14,16-20H2,1H3,(H3,31,32,33). The van der Waals surface area contributed by atoms with Crippen LogP contribution in [0.15, 0.2) is 84.2 Å². The number of guanidine groups is 1. The molecule has 0 unspecified atom stereocenters. The number of hydrogen-bond acceptors (Lipinski definition) is 5. The number of hydrazine groups is 1. The number of carbonyl (C=O) groups is 1. The van der Waals surface area contributed by atoms with Crippen LogP contribution in [0, 0.1) is 5.92 Å². The largest absolute Gasteiger partial charge is 0.389 e. The van der Waals surface area contributed by atoms with E-state index < -0.39 is 6.10 Å². The smallest absolute Gasteiger partial charge is 0.254 e. The molecule has 0 aliphatic carbocycles. The summed E-state index contributed by atoms with van der Waals surface area (Å²) in [5.74, 6) is 0.942. The second-order valence-corrected chi connectivity index (χ2v) is 10.4. The average Bonchev–Trinajstić information content (AvgIpc) is 2.90. The van der Waals surface area contributed by atoms with Gasteiger partial charge < -0.3 is 15.7 Å². The molecule has 3 heterocycles. The van der Waals surface area contributed by atoms with Gasteiger partial charge in [-0.05, 0) is 73.3 Å². The van der Waals surface area contributed by atoms with Crippen LogP contribution in [0.2, 0.25) is 0 Å². The number of nitrogens with zero attached hydrogens (tertiary/aromatic N) is 4. The van der Waals surface area contributed by atoms with Crippen LogP contribution in [-0.2, 0) is 6.54 Å². The summed E-state index contributed by atoms with van der Waals surface area (Å²) in [5.41, 5.74) is 14.6. The molecule has 2 saturated heterocycles. The zero-order valence-electron chi connectivity index (χ0n) is 21.9. The first-order chi connectivity index (χ1) is 18.4. The van der Waals surface area contributed by atoms with Gasteiger partial charge in [-0.1, -0.05) is 43.8 Å². The molecular weight excluding hydrogens is 476 g/mol. The number of benzene rings is 2. The minimum absolute atomic E-state index is 0.0971. The van der Waals surface area contributed by atoms with E-state index >= 15 is 0 Å². The molecule has 0 bridgehead atoms. The van der Waals surface area contributed by atoms with Crippen molar-refractivity contribution in [1.29, 1.82) is 0 Å². The lowest BCUT2D eigenvalue weighted by Gasteiger charge is -2.35. The number of likely N-dealkylation sites (tertiary alicyclic amines) is 2. The Morgan fingerprint density at radius 1 is 1.11 bits per heavy atom. The van der Waals surface area contributed by atoms with E-state index in [1.165, 1.54) is 31.5 Å². The van der Waals surface area contributed by atoms with Crippen LogP contribution in [0.25, 0.3) is 5.57 Å². The van der Waals surface area contributed by atoms with Crippen LogP contribution in [0.1, 0.15) is 41.3 Å². The molecule has 4 N–H and O–H groups in total. The highest BCUT2D eigenvalue weighted by atomic mass is 16.3. The minimum atomic E-state index is -0.421. The molecular formula is C30H36N6O2. The molecule has 38 heavy (non-hydrogen) atoms. The Labute approximate surface area is 224 Å². The predicted molar refractivity (Wildman–Crippen MR) is 151 cm³/mol. The van der Waals surface area contributed by atoms with Crippen molar-refractivity contribution < 1.29 is 9.90 Å². The van der Waals surface area contributed by atoms with Crippen molar-refractivity contribution in [2.45, 2.75) is 32.4 Å². The zero-order chi connectivity index (χ0) is 26.6. The topological polar surface area (TPSA) is 97.4 Å². The van der Waals surface area contributed by atoms with Gasteiger partial charge in [0.05, 0.1) is 17.5 Å². The lowest BCUT2D eigenvalue weighted by molar-refractivity contribution is 0.00590. The van der Waals surface area contributed by atoms with Crippen LogP contribution in [0.3, 0.4) is 0 Å². The van der Waals surface area contributed by atoms with E-state index in [0.29, 0.717) is 24.3 Å². The van der Waals surface area contributed by atoms with Crippen LogP contribution < -0.4 is 11.2 Å². The van der Waals surface area contributed by atoms with E-state index in [-0.39, 0.29) is 11.9 Å². The number of rotatable bonds is 6. The molecule has 0 radical (unpaired) electrons. The molecule has 2 aromatic rings. The van der Waals surface area contributed by atoms with Crippen molar-refractivity contribution in [3.8, 4) is 0 Å². The van der Waals surface area contributed by atoms with E-state index in [0.717, 1.165) is 29.3 Å². The first-order valence-corrected chi connectivity index (χ1v) is 13.2. The van der Waals surface area contributed by atoms with Crippen molar-refractivity contribution >= 4 is 23.1 Å². The Bertz CT molecular complexity index is 1250. The van der Waals surface area contributed by atoms with E-state index in [2.05, 4.69) is 53.1 Å². The second kappa shape index (κ2) is 11.2. The molecule has 8 heteroatoms. The highest BCUT2D eigenvalue weighted by Crippen LogP contribution is 2.28. The number of aliphatic hydroxyl groups is 1. The molecule has 0 atom stereocenters. The van der Waals surface area contributed by atoms with Crippen LogP contribution in [-0.4, -0.2) is 64.1 Å². The Kier molecular flexibility index (Phi) is 7.62. The highest BCUT2D eigenvalue weighted by Gasteiger charge is 2.29. The van der Waals surface area contributed by atoms with Crippen LogP contribution in [0.5, 0.6) is 0 Å². The van der Waals surface area contributed by atoms with Gasteiger partial charge in [0, 0.05) is 37.0 Å². The van der Waals surface area contributed by atoms with Gasteiger partial charge in [0.25, 0.3) is 5.91 Å². The van der Waals surface area contributed by atoms with Gasteiger partial charge in [0.2, 0.25) is 5.96 Å². The number of aliphatic imine (C=N–C) groups is 1. The van der Waals surface area contributed by atoms with E-state index in [1.807, 2.05) is 18.4 Å². The summed E-state index contributed by atoms with van der Waals surface area (Å²) in [7, 11) is 0. The number of carbonyl (C=O) groups excluding carboxylic acids is 1. The zero-order valence-corrected chi connectivity index (χ0v) is 21.9. The fourth-order valence-electron chi connectivity index (χ4n) is 4.95. The number of hydrogen-bond donors (Lipinski definition) is 3. The van der Waals surface area contributed by atoms with Crippen molar-refractivity contribution in [2.24, 2.45) is 16.6 Å². The summed E-state index contributed by atoms with van der Waals surface area (Å²) < 4.78 is 0. The predicted octanol–water partition coefficient (Wildman–Crippen LogP) is 3.61. The summed E-state index contributed by atoms with van der Waals surface area (Å²) >= 11 is 0. The second-order valence-electron chi connectivity index (χ2n) is 10.4. The minimum Gasteiger partial charge on any atom is -0.389 e. The molecule has 0 spiro atoms. The molecule has 3 aliphatic rings. The molecule has 1 amide bonds. The molecule has 2 aromatic carbocycles. The molecule has 8 nitrogen and oxygen atoms in total. The van der Waals surface area contributed by atoms with Crippen LogP contribution >= 0.6 is 0 Å². The Hall–Kier alpha value is -3.88. The fourth-order valence-corrected chi connectivity index (χ4v) is 4.95. The van der Waals surface area contributed by atoms with Gasteiger partial charge in [-0.3, -0.25) is 20.1 Å². The lowest BCUT2D eigenvalue weighted by atomic mass is 9.97. The molecule has 5 rings (SSSR count). The molecule has 0 aromatic heterocycles. The van der Waals surface area contributed by atoms with Gasteiger partial charge in [0.15, 0.2) is 0 Å². The third-order valence-electron chi connectivity index (χ3n) is 7.40. The van der Waals surface area contributed by atoms with Gasteiger partial charge in [-0.15, -0.1) is 0 Å². The Morgan fingerprint density at radius 3 is 2.45 bits per heavy atom. The number of amides is 1. The summed E-state index contributed by atoms with van der Waals surface area (Å²) in [4.78, 5) is 21.0. The van der Waals surface area contributed by atoms with E-state index in [9.17, 15) is 9.90 Å². The van der Waals surface area contributed by atoms with Crippen molar-refractivity contribution in [1.82, 2.24) is 20.2 Å². The quantitative estimate of drug-likeness (QED) is 0.404. The number of nitrogens with one attached hydrogen (secondary N) is 1. The summed E-state index contributed by atoms with van der Waals surface area (Å²) in [6.07, 6.45) is 7.98. The normalized spacial score (nSPS) is 19.4. The van der Waals surface area contributed by atoms with Crippen molar-refractivity contribution in [3.05, 3.63) is 95.8 Å². The maximum atomic E-state index is 12.4. The third-order valence-corrected chi connectivity index (χ3v) is 7.40. The Morgan fingerprint density at radius 2 is 1.79 bits per heavy atom. The summed E-state index contributed by atoms with van der Waals surface area (Å²) in [5, 5.41) is 11.2. The average molecular weight is 513 g/mol. The number of nitrogens with two attached hydrogens (primary N) is 1. The first kappa shape index (κ1) is 25.8. The molecule has 198 valence electrons. The highest BCUT2D eigenvalue weighted by molar-refractivity contribution is 5.95. The monoisotopic (exact) mass is 512 g/mol. The summed E-state index contributed by atoms with van der Waals surface area (Å²) in [6.45, 7) is 10.7. The van der Waals surface area contributed by atoms with E-state index in [1.54, 1.807) is 34.2 Å². The number of β-amino-alcohol motifs (C(OH)–C–C–N with tert-alkyl or cyclic N) is 1. The summed E-state index contributed by atoms with van der Waals surface area (Å²) in [6, 6.07) is 15.6. The van der Waals surface area contributed by atoms with Gasteiger partial charge in [-0.25, -0.2) is 4.99 Å². The molecule has 3 aliphatic heterocycles.